The molecule has 1 saturated heterocycles. The van der Waals surface area contributed by atoms with Crippen molar-refractivity contribution in [1.82, 2.24) is 19.6 Å². The molecule has 2 aliphatic rings. The molecule has 2 fully saturated rings. The zero-order chi connectivity index (χ0) is 22.2. The Morgan fingerprint density at radius 2 is 1.74 bits per heavy atom. The largest absolute Gasteiger partial charge is 0.435 e. The second-order valence-electron chi connectivity index (χ2n) is 8.06. The Morgan fingerprint density at radius 3 is 2.32 bits per heavy atom. The quantitative estimate of drug-likeness (QED) is 0.602. The number of hydrogen-bond acceptors (Lipinski definition) is 3. The Hall–Kier alpha value is -1.77. The van der Waals surface area contributed by atoms with Crippen molar-refractivity contribution in [2.45, 2.75) is 44.4 Å². The SMILES string of the molecule is O=C(CCn1nc(C(F)(F)F)cc1C1CC1)N1CCN(Cc2c(Cl)cccc2Cl)CC1. The number of aromatic nitrogens is 2. The number of hydrogen-bond donors (Lipinski definition) is 0. The number of carbonyl (C=O) groups is 1. The number of nitrogens with zero attached hydrogens (tertiary/aromatic N) is 4. The van der Waals surface area contributed by atoms with Crippen LogP contribution in [0.5, 0.6) is 0 Å². The van der Waals surface area contributed by atoms with Gasteiger partial charge in [0.05, 0.1) is 0 Å². The first-order valence-corrected chi connectivity index (χ1v) is 11.1. The number of halogens is 5. The van der Waals surface area contributed by atoms with Crippen LogP contribution in [0, 0.1) is 0 Å². The molecule has 5 nitrogen and oxygen atoms in total. The second kappa shape index (κ2) is 9.00. The summed E-state index contributed by atoms with van der Waals surface area (Å²) in [6, 6.07) is 6.54. The van der Waals surface area contributed by atoms with Crippen molar-refractivity contribution in [2.75, 3.05) is 26.2 Å². The van der Waals surface area contributed by atoms with Gasteiger partial charge in [-0.15, -0.1) is 0 Å². The fourth-order valence-electron chi connectivity index (χ4n) is 3.88. The molecule has 0 radical (unpaired) electrons. The van der Waals surface area contributed by atoms with Crippen LogP contribution < -0.4 is 0 Å². The first kappa shape index (κ1) is 22.4. The average molecular weight is 475 g/mol. The van der Waals surface area contributed by atoms with Crippen molar-refractivity contribution in [3.8, 4) is 0 Å². The minimum Gasteiger partial charge on any atom is -0.340 e. The fraction of sp³-hybridized carbons (Fsp3) is 0.524. The highest BCUT2D eigenvalue weighted by Gasteiger charge is 2.38. The van der Waals surface area contributed by atoms with E-state index in [2.05, 4.69) is 10.00 Å². The van der Waals surface area contributed by atoms with Crippen LogP contribution in [0.1, 0.15) is 42.1 Å². The molecule has 1 saturated carbocycles. The molecule has 2 heterocycles. The van der Waals surface area contributed by atoms with Crippen LogP contribution in [0.3, 0.4) is 0 Å². The van der Waals surface area contributed by atoms with Crippen molar-refractivity contribution in [1.29, 1.82) is 0 Å². The smallest absolute Gasteiger partial charge is 0.340 e. The van der Waals surface area contributed by atoms with E-state index in [1.54, 1.807) is 23.1 Å². The molecule has 168 valence electrons. The summed E-state index contributed by atoms with van der Waals surface area (Å²) >= 11 is 12.5. The van der Waals surface area contributed by atoms with Crippen LogP contribution in [-0.2, 0) is 24.1 Å². The summed E-state index contributed by atoms with van der Waals surface area (Å²) in [5.74, 6) is 0.0557. The Balaban J connectivity index is 1.30. The molecule has 1 aliphatic carbocycles. The van der Waals surface area contributed by atoms with Gasteiger partial charge in [-0.25, -0.2) is 0 Å². The van der Waals surface area contributed by atoms with Crippen LogP contribution in [-0.4, -0.2) is 51.7 Å². The Labute approximate surface area is 188 Å². The van der Waals surface area contributed by atoms with E-state index in [9.17, 15) is 18.0 Å². The van der Waals surface area contributed by atoms with Crippen LogP contribution in [0.25, 0.3) is 0 Å². The second-order valence-corrected chi connectivity index (χ2v) is 8.87. The number of aryl methyl sites for hydroxylation is 1. The van der Waals surface area contributed by atoms with E-state index in [-0.39, 0.29) is 24.8 Å². The molecule has 1 amide bonds. The lowest BCUT2D eigenvalue weighted by Gasteiger charge is -2.35. The Morgan fingerprint density at radius 1 is 1.10 bits per heavy atom. The van der Waals surface area contributed by atoms with E-state index in [1.807, 2.05) is 0 Å². The van der Waals surface area contributed by atoms with E-state index in [4.69, 9.17) is 23.2 Å². The first-order valence-electron chi connectivity index (χ1n) is 10.3. The molecular formula is C21H23Cl2F3N4O. The van der Waals surface area contributed by atoms with Gasteiger partial charge < -0.3 is 4.90 Å². The predicted octanol–water partition coefficient (Wildman–Crippen LogP) is 4.82. The third-order valence-electron chi connectivity index (χ3n) is 5.80. The van der Waals surface area contributed by atoms with Gasteiger partial charge in [-0.05, 0) is 31.0 Å². The van der Waals surface area contributed by atoms with Crippen molar-refractivity contribution in [3.63, 3.8) is 0 Å². The molecule has 1 aromatic carbocycles. The summed E-state index contributed by atoms with van der Waals surface area (Å²) in [5.41, 5.74) is 0.577. The molecule has 4 rings (SSSR count). The summed E-state index contributed by atoms with van der Waals surface area (Å²) in [7, 11) is 0. The molecule has 0 atom stereocenters. The molecule has 31 heavy (non-hydrogen) atoms. The first-order chi connectivity index (χ1) is 14.7. The van der Waals surface area contributed by atoms with E-state index in [1.165, 1.54) is 4.68 Å². The maximum Gasteiger partial charge on any atom is 0.435 e. The Kier molecular flexibility index (Phi) is 6.51. The van der Waals surface area contributed by atoms with E-state index < -0.39 is 11.9 Å². The average Bonchev–Trinajstić information content (AvgIpc) is 3.47. The molecule has 0 bridgehead atoms. The molecule has 1 aliphatic heterocycles. The zero-order valence-electron chi connectivity index (χ0n) is 16.8. The van der Waals surface area contributed by atoms with Gasteiger partial charge in [0.25, 0.3) is 0 Å². The van der Waals surface area contributed by atoms with E-state index >= 15 is 0 Å². The maximum absolute atomic E-state index is 13.0. The predicted molar refractivity (Wildman–Crippen MR) is 112 cm³/mol. The highest BCUT2D eigenvalue weighted by atomic mass is 35.5. The topological polar surface area (TPSA) is 41.4 Å². The van der Waals surface area contributed by atoms with Gasteiger partial charge in [-0.1, -0.05) is 29.3 Å². The molecule has 1 aromatic heterocycles. The summed E-state index contributed by atoms with van der Waals surface area (Å²) in [5, 5.41) is 4.96. The number of amides is 1. The van der Waals surface area contributed by atoms with Crippen molar-refractivity contribution in [3.05, 3.63) is 51.3 Å². The normalized spacial score (nSPS) is 17.9. The number of benzene rings is 1. The lowest BCUT2D eigenvalue weighted by Crippen LogP contribution is -2.48. The van der Waals surface area contributed by atoms with Crippen LogP contribution in [0.15, 0.2) is 24.3 Å². The minimum absolute atomic E-state index is 0.0683. The van der Waals surface area contributed by atoms with Crippen LogP contribution in [0.4, 0.5) is 13.2 Å². The number of rotatable bonds is 6. The highest BCUT2D eigenvalue weighted by Crippen LogP contribution is 2.42. The number of alkyl halides is 3. The van der Waals surface area contributed by atoms with Gasteiger partial charge in [-0.2, -0.15) is 18.3 Å². The third-order valence-corrected chi connectivity index (χ3v) is 6.51. The van der Waals surface area contributed by atoms with Gasteiger partial charge in [0.1, 0.15) is 0 Å². The summed E-state index contributed by atoms with van der Waals surface area (Å²) in [4.78, 5) is 16.6. The lowest BCUT2D eigenvalue weighted by molar-refractivity contribution is -0.141. The van der Waals surface area contributed by atoms with Crippen LogP contribution in [0.2, 0.25) is 10.0 Å². The van der Waals surface area contributed by atoms with Gasteiger partial charge in [0, 0.05) is 72.9 Å². The van der Waals surface area contributed by atoms with E-state index in [0.717, 1.165) is 24.5 Å². The molecule has 2 aromatic rings. The third kappa shape index (κ3) is 5.35. The number of piperazine rings is 1. The molecule has 0 spiro atoms. The van der Waals surface area contributed by atoms with Gasteiger partial charge in [0.2, 0.25) is 5.91 Å². The maximum atomic E-state index is 13.0. The monoisotopic (exact) mass is 474 g/mol. The summed E-state index contributed by atoms with van der Waals surface area (Å²) < 4.78 is 40.4. The van der Waals surface area contributed by atoms with Crippen molar-refractivity contribution >= 4 is 29.1 Å². The molecule has 0 N–H and O–H groups in total. The van der Waals surface area contributed by atoms with Gasteiger partial charge in [-0.3, -0.25) is 14.4 Å². The fourth-order valence-corrected chi connectivity index (χ4v) is 4.40. The Bertz CT molecular complexity index is 930. The van der Waals surface area contributed by atoms with Gasteiger partial charge >= 0.3 is 6.18 Å². The molecule has 0 unspecified atom stereocenters. The van der Waals surface area contributed by atoms with Crippen LogP contribution >= 0.6 is 23.2 Å². The van der Waals surface area contributed by atoms with Crippen molar-refractivity contribution < 1.29 is 18.0 Å². The standard InChI is InChI=1S/C21H23Cl2F3N4O/c22-16-2-1-3-17(23)15(16)13-28-8-10-29(11-9-28)20(31)6-7-30-18(14-4-5-14)12-19(27-30)21(24,25)26/h1-3,12,14H,4-11,13H2. The zero-order valence-corrected chi connectivity index (χ0v) is 18.3. The van der Waals surface area contributed by atoms with Crippen molar-refractivity contribution in [2.24, 2.45) is 0 Å². The lowest BCUT2D eigenvalue weighted by atomic mass is 10.2. The summed E-state index contributed by atoms with van der Waals surface area (Å²) in [6.07, 6.45) is -2.60. The van der Waals surface area contributed by atoms with E-state index in [0.29, 0.717) is 48.5 Å². The highest BCUT2D eigenvalue weighted by molar-refractivity contribution is 6.35. The minimum atomic E-state index is -4.47. The summed E-state index contributed by atoms with van der Waals surface area (Å²) in [6.45, 7) is 3.25. The molecule has 10 heteroatoms. The molecular weight excluding hydrogens is 452 g/mol. The number of carbonyl (C=O) groups excluding carboxylic acids is 1. The van der Waals surface area contributed by atoms with Gasteiger partial charge in [0.15, 0.2) is 5.69 Å².